The summed E-state index contributed by atoms with van der Waals surface area (Å²) in [6.45, 7) is 5.36. The average molecular weight is 431 g/mol. The summed E-state index contributed by atoms with van der Waals surface area (Å²) < 4.78 is 15.5. The van der Waals surface area contributed by atoms with E-state index < -0.39 is 5.97 Å². The van der Waals surface area contributed by atoms with Crippen LogP contribution in [0.4, 0.5) is 5.69 Å². The Bertz CT molecular complexity index is 954. The number of hydrogen-bond donors (Lipinski definition) is 2. The molecule has 0 spiro atoms. The van der Waals surface area contributed by atoms with E-state index in [-0.39, 0.29) is 36.6 Å². The van der Waals surface area contributed by atoms with Crippen LogP contribution in [0, 0.1) is 5.92 Å². The van der Waals surface area contributed by atoms with Gasteiger partial charge in [0.05, 0.1) is 38.5 Å². The van der Waals surface area contributed by atoms with Crippen LogP contribution in [0.1, 0.15) is 37.2 Å². The molecule has 0 radical (unpaired) electrons. The molecule has 9 heteroatoms. The molecule has 1 aliphatic heterocycles. The second-order valence-electron chi connectivity index (χ2n) is 7.38. The van der Waals surface area contributed by atoms with Crippen LogP contribution in [0.5, 0.6) is 5.75 Å². The van der Waals surface area contributed by atoms with Gasteiger partial charge in [-0.25, -0.2) is 4.79 Å². The van der Waals surface area contributed by atoms with Crippen LogP contribution >= 0.6 is 0 Å². The second kappa shape index (κ2) is 10.3. The van der Waals surface area contributed by atoms with Gasteiger partial charge in [0, 0.05) is 17.4 Å². The third-order valence-corrected chi connectivity index (χ3v) is 5.24. The molecule has 3 rings (SSSR count). The van der Waals surface area contributed by atoms with Crippen molar-refractivity contribution in [3.8, 4) is 5.75 Å². The number of piperidine rings is 1. The Kier molecular flexibility index (Phi) is 7.51. The Morgan fingerprint density at radius 1 is 1.19 bits per heavy atom. The molecule has 0 bridgehead atoms. The fourth-order valence-electron chi connectivity index (χ4n) is 3.82. The van der Waals surface area contributed by atoms with Crippen LogP contribution in [0.2, 0.25) is 0 Å². The Morgan fingerprint density at radius 2 is 1.97 bits per heavy atom. The first-order chi connectivity index (χ1) is 15.0. The Labute approximate surface area is 181 Å². The minimum absolute atomic E-state index is 0.106. The number of H-pyrrole nitrogens is 1. The van der Waals surface area contributed by atoms with E-state index in [0.717, 1.165) is 19.4 Å². The normalized spacial score (nSPS) is 16.7. The maximum atomic E-state index is 12.8. The predicted molar refractivity (Wildman–Crippen MR) is 115 cm³/mol. The number of methoxy groups -OCH3 is 1. The number of esters is 2. The lowest BCUT2D eigenvalue weighted by atomic mass is 9.98. The smallest absolute Gasteiger partial charge is 0.356 e. The van der Waals surface area contributed by atoms with Gasteiger partial charge >= 0.3 is 11.9 Å². The first kappa shape index (κ1) is 22.6. The topological polar surface area (TPSA) is 110 Å². The van der Waals surface area contributed by atoms with Crippen LogP contribution in [-0.4, -0.2) is 67.7 Å². The summed E-state index contributed by atoms with van der Waals surface area (Å²) in [6.07, 6.45) is 1.57. The molecule has 1 aromatic heterocycles. The standard InChI is InChI=1S/C22H29N3O6/c1-4-30-21(27)14-7-6-10-25(12-14)13-18(26)24-19-16-11-15(29-3)8-9-17(16)23-20(19)22(28)31-5-2/h8-9,11,14,23H,4-7,10,12-13H2,1-3H3,(H,24,26)/t14-/m1/s1. The summed E-state index contributed by atoms with van der Waals surface area (Å²) in [5.74, 6) is -0.673. The highest BCUT2D eigenvalue weighted by Gasteiger charge is 2.28. The first-order valence-electron chi connectivity index (χ1n) is 10.5. The highest BCUT2D eigenvalue weighted by molar-refractivity contribution is 6.11. The van der Waals surface area contributed by atoms with Crippen molar-refractivity contribution in [1.82, 2.24) is 9.88 Å². The SMILES string of the molecule is CCOC(=O)c1[nH]c2ccc(OC)cc2c1NC(=O)CN1CCC[C@@H](C(=O)OCC)C1. The molecule has 1 aliphatic rings. The van der Waals surface area contributed by atoms with E-state index in [9.17, 15) is 14.4 Å². The quantitative estimate of drug-likeness (QED) is 0.618. The number of nitrogens with one attached hydrogen (secondary N) is 2. The Hall–Kier alpha value is -3.07. The maximum absolute atomic E-state index is 12.8. The summed E-state index contributed by atoms with van der Waals surface area (Å²) in [6, 6.07) is 5.30. The molecule has 2 aromatic rings. The second-order valence-corrected chi connectivity index (χ2v) is 7.38. The molecule has 1 amide bonds. The number of fused-ring (bicyclic) bond motifs is 1. The van der Waals surface area contributed by atoms with Crippen molar-refractivity contribution in [3.05, 3.63) is 23.9 Å². The van der Waals surface area contributed by atoms with E-state index in [1.165, 1.54) is 0 Å². The molecule has 9 nitrogen and oxygen atoms in total. The van der Waals surface area contributed by atoms with Crippen molar-refractivity contribution < 1.29 is 28.6 Å². The van der Waals surface area contributed by atoms with Crippen molar-refractivity contribution >= 4 is 34.4 Å². The zero-order valence-electron chi connectivity index (χ0n) is 18.2. The van der Waals surface area contributed by atoms with Gasteiger partial charge in [0.1, 0.15) is 11.4 Å². The summed E-state index contributed by atoms with van der Waals surface area (Å²) in [5, 5.41) is 3.51. The van der Waals surface area contributed by atoms with Crippen LogP contribution < -0.4 is 10.1 Å². The molecular weight excluding hydrogens is 402 g/mol. The molecule has 0 unspecified atom stereocenters. The number of carbonyl (C=O) groups excluding carboxylic acids is 3. The van der Waals surface area contributed by atoms with Crippen molar-refractivity contribution in [2.24, 2.45) is 5.92 Å². The average Bonchev–Trinajstić information content (AvgIpc) is 3.11. The monoisotopic (exact) mass is 431 g/mol. The molecule has 1 saturated heterocycles. The summed E-state index contributed by atoms with van der Waals surface area (Å²) in [4.78, 5) is 42.3. The van der Waals surface area contributed by atoms with Gasteiger partial charge in [-0.05, 0) is 51.4 Å². The first-order valence-corrected chi connectivity index (χ1v) is 10.5. The zero-order chi connectivity index (χ0) is 22.4. The highest BCUT2D eigenvalue weighted by Crippen LogP contribution is 2.31. The molecule has 2 heterocycles. The molecule has 2 N–H and O–H groups in total. The summed E-state index contributed by atoms with van der Waals surface area (Å²) in [7, 11) is 1.55. The number of amides is 1. The number of benzene rings is 1. The van der Waals surface area contributed by atoms with Gasteiger partial charge in [0.15, 0.2) is 0 Å². The van der Waals surface area contributed by atoms with Crippen molar-refractivity contribution in [2.45, 2.75) is 26.7 Å². The van der Waals surface area contributed by atoms with E-state index in [4.69, 9.17) is 14.2 Å². The zero-order valence-corrected chi connectivity index (χ0v) is 18.2. The van der Waals surface area contributed by atoms with E-state index in [0.29, 0.717) is 35.5 Å². The molecular formula is C22H29N3O6. The minimum Gasteiger partial charge on any atom is -0.497 e. The number of aromatic nitrogens is 1. The number of hydrogen-bond acceptors (Lipinski definition) is 7. The number of likely N-dealkylation sites (tertiary alicyclic amines) is 1. The Balaban J connectivity index is 1.78. The fraction of sp³-hybridized carbons (Fsp3) is 0.500. The minimum atomic E-state index is -0.548. The summed E-state index contributed by atoms with van der Waals surface area (Å²) >= 11 is 0. The molecule has 0 saturated carbocycles. The molecule has 1 aromatic carbocycles. The van der Waals surface area contributed by atoms with E-state index in [1.807, 2.05) is 4.90 Å². The van der Waals surface area contributed by atoms with Crippen molar-refractivity contribution in [2.75, 3.05) is 45.3 Å². The third-order valence-electron chi connectivity index (χ3n) is 5.24. The van der Waals surface area contributed by atoms with Crippen LogP contribution in [-0.2, 0) is 19.1 Å². The third kappa shape index (κ3) is 5.35. The van der Waals surface area contributed by atoms with Crippen LogP contribution in [0.3, 0.4) is 0 Å². The molecule has 1 atom stereocenters. The van der Waals surface area contributed by atoms with Gasteiger partial charge in [-0.15, -0.1) is 0 Å². The molecule has 0 aliphatic carbocycles. The lowest BCUT2D eigenvalue weighted by molar-refractivity contribution is -0.150. The van der Waals surface area contributed by atoms with E-state index in [1.54, 1.807) is 39.2 Å². The van der Waals surface area contributed by atoms with Gasteiger partial charge < -0.3 is 24.5 Å². The van der Waals surface area contributed by atoms with Crippen LogP contribution in [0.15, 0.2) is 18.2 Å². The fourth-order valence-corrected chi connectivity index (χ4v) is 3.82. The van der Waals surface area contributed by atoms with Gasteiger partial charge in [-0.3, -0.25) is 14.5 Å². The van der Waals surface area contributed by atoms with Gasteiger partial charge in [-0.1, -0.05) is 0 Å². The number of aromatic amines is 1. The largest absolute Gasteiger partial charge is 0.497 e. The number of anilines is 1. The number of nitrogens with zero attached hydrogens (tertiary/aromatic N) is 1. The van der Waals surface area contributed by atoms with Crippen molar-refractivity contribution in [3.63, 3.8) is 0 Å². The molecule has 31 heavy (non-hydrogen) atoms. The van der Waals surface area contributed by atoms with Crippen molar-refractivity contribution in [1.29, 1.82) is 0 Å². The molecule has 1 fully saturated rings. The molecule has 168 valence electrons. The maximum Gasteiger partial charge on any atom is 0.356 e. The number of carbonyl (C=O) groups is 3. The van der Waals surface area contributed by atoms with Gasteiger partial charge in [0.25, 0.3) is 0 Å². The van der Waals surface area contributed by atoms with Crippen LogP contribution in [0.25, 0.3) is 10.9 Å². The highest BCUT2D eigenvalue weighted by atomic mass is 16.5. The number of ether oxygens (including phenoxy) is 3. The van der Waals surface area contributed by atoms with E-state index >= 15 is 0 Å². The predicted octanol–water partition coefficient (Wildman–Crippen LogP) is 2.57. The van der Waals surface area contributed by atoms with E-state index in [2.05, 4.69) is 10.3 Å². The number of rotatable bonds is 8. The lowest BCUT2D eigenvalue weighted by Gasteiger charge is -2.30. The van der Waals surface area contributed by atoms with Gasteiger partial charge in [0.2, 0.25) is 5.91 Å². The summed E-state index contributed by atoms with van der Waals surface area (Å²) in [5.41, 5.74) is 1.22. The lowest BCUT2D eigenvalue weighted by Crippen LogP contribution is -2.43. The Morgan fingerprint density at radius 3 is 2.68 bits per heavy atom. The van der Waals surface area contributed by atoms with Gasteiger partial charge in [-0.2, -0.15) is 0 Å².